The average Bonchev–Trinajstić information content (AvgIpc) is 2.46. The van der Waals surface area contributed by atoms with E-state index in [2.05, 4.69) is 5.32 Å². The quantitative estimate of drug-likeness (QED) is 0.621. The standard InChI is InChI=1S/C17H22N2O3/c1-5-21-15-8-7-13(16(10-15)22-6-2)9-14(11-18)17(20)19-12(3)4/h7-10,12H,5-6H2,1-4H3,(H,19,20)/b14-9-. The minimum absolute atomic E-state index is 0.0315. The van der Waals surface area contributed by atoms with Gasteiger partial charge in [0.1, 0.15) is 23.1 Å². The maximum Gasteiger partial charge on any atom is 0.262 e. The summed E-state index contributed by atoms with van der Waals surface area (Å²) in [5.74, 6) is 0.876. The molecular weight excluding hydrogens is 280 g/mol. The number of hydrogen-bond acceptors (Lipinski definition) is 4. The van der Waals surface area contributed by atoms with E-state index >= 15 is 0 Å². The SMILES string of the molecule is CCOc1ccc(/C=C(/C#N)C(=O)NC(C)C)c(OCC)c1. The highest BCUT2D eigenvalue weighted by atomic mass is 16.5. The van der Waals surface area contributed by atoms with Crippen molar-refractivity contribution < 1.29 is 14.3 Å². The molecule has 0 aliphatic carbocycles. The van der Waals surface area contributed by atoms with E-state index in [0.29, 0.717) is 30.3 Å². The van der Waals surface area contributed by atoms with Crippen molar-refractivity contribution in [2.24, 2.45) is 0 Å². The lowest BCUT2D eigenvalue weighted by atomic mass is 10.1. The van der Waals surface area contributed by atoms with Crippen LogP contribution in [0.5, 0.6) is 11.5 Å². The third-order valence-corrected chi connectivity index (χ3v) is 2.68. The Morgan fingerprint density at radius 3 is 2.55 bits per heavy atom. The first-order valence-electron chi connectivity index (χ1n) is 7.34. The van der Waals surface area contributed by atoms with Crippen LogP contribution in [0.3, 0.4) is 0 Å². The number of carbonyl (C=O) groups excluding carboxylic acids is 1. The summed E-state index contributed by atoms with van der Waals surface area (Å²) in [5.41, 5.74) is 0.708. The van der Waals surface area contributed by atoms with Gasteiger partial charge in [0.25, 0.3) is 5.91 Å². The third-order valence-electron chi connectivity index (χ3n) is 2.68. The van der Waals surface area contributed by atoms with Crippen LogP contribution in [-0.4, -0.2) is 25.2 Å². The van der Waals surface area contributed by atoms with E-state index in [0.717, 1.165) is 0 Å². The second-order valence-electron chi connectivity index (χ2n) is 4.86. The molecule has 5 heteroatoms. The summed E-state index contributed by atoms with van der Waals surface area (Å²) in [6.45, 7) is 8.50. The number of ether oxygens (including phenoxy) is 2. The van der Waals surface area contributed by atoms with E-state index in [1.165, 1.54) is 6.08 Å². The summed E-state index contributed by atoms with van der Waals surface area (Å²) < 4.78 is 11.0. The smallest absolute Gasteiger partial charge is 0.262 e. The van der Waals surface area contributed by atoms with Crippen molar-refractivity contribution in [2.45, 2.75) is 33.7 Å². The lowest BCUT2D eigenvalue weighted by Crippen LogP contribution is -2.30. The number of nitrogens with zero attached hydrogens (tertiary/aromatic N) is 1. The molecule has 0 saturated heterocycles. The predicted octanol–water partition coefficient (Wildman–Crippen LogP) is 2.92. The minimum atomic E-state index is -0.395. The lowest BCUT2D eigenvalue weighted by molar-refractivity contribution is -0.117. The van der Waals surface area contributed by atoms with Crippen LogP contribution >= 0.6 is 0 Å². The summed E-state index contributed by atoms with van der Waals surface area (Å²) in [7, 11) is 0. The Kier molecular flexibility index (Phi) is 6.97. The number of hydrogen-bond donors (Lipinski definition) is 1. The molecule has 0 fully saturated rings. The van der Waals surface area contributed by atoms with E-state index in [-0.39, 0.29) is 11.6 Å². The van der Waals surface area contributed by atoms with Gasteiger partial charge < -0.3 is 14.8 Å². The fourth-order valence-corrected chi connectivity index (χ4v) is 1.81. The van der Waals surface area contributed by atoms with Crippen molar-refractivity contribution >= 4 is 12.0 Å². The van der Waals surface area contributed by atoms with Gasteiger partial charge in [-0.15, -0.1) is 0 Å². The van der Waals surface area contributed by atoms with Gasteiger partial charge >= 0.3 is 0 Å². The molecule has 0 bridgehead atoms. The van der Waals surface area contributed by atoms with Crippen LogP contribution in [0.4, 0.5) is 0 Å². The third kappa shape index (κ3) is 5.13. The van der Waals surface area contributed by atoms with Crippen molar-refractivity contribution in [3.63, 3.8) is 0 Å². The fourth-order valence-electron chi connectivity index (χ4n) is 1.81. The molecule has 1 N–H and O–H groups in total. The van der Waals surface area contributed by atoms with Gasteiger partial charge in [0.05, 0.1) is 13.2 Å². The average molecular weight is 302 g/mol. The van der Waals surface area contributed by atoms with Gasteiger partial charge in [-0.2, -0.15) is 5.26 Å². The first-order chi connectivity index (χ1) is 10.5. The number of nitrogens with one attached hydrogen (secondary N) is 1. The molecular formula is C17H22N2O3. The predicted molar refractivity (Wildman–Crippen MR) is 85.6 cm³/mol. The summed E-state index contributed by atoms with van der Waals surface area (Å²) in [4.78, 5) is 12.0. The molecule has 0 radical (unpaired) electrons. The van der Waals surface area contributed by atoms with Crippen molar-refractivity contribution in [1.82, 2.24) is 5.32 Å². The van der Waals surface area contributed by atoms with Crippen LogP contribution in [0.1, 0.15) is 33.3 Å². The van der Waals surface area contributed by atoms with Crippen molar-refractivity contribution in [3.8, 4) is 17.6 Å². The monoisotopic (exact) mass is 302 g/mol. The van der Waals surface area contributed by atoms with Crippen molar-refractivity contribution in [3.05, 3.63) is 29.3 Å². The molecule has 1 aromatic carbocycles. The van der Waals surface area contributed by atoms with Gasteiger partial charge in [0.15, 0.2) is 0 Å². The molecule has 5 nitrogen and oxygen atoms in total. The molecule has 0 saturated carbocycles. The Bertz CT molecular complexity index is 586. The van der Waals surface area contributed by atoms with Gasteiger partial charge in [-0.1, -0.05) is 0 Å². The second-order valence-corrected chi connectivity index (χ2v) is 4.86. The van der Waals surface area contributed by atoms with Gasteiger partial charge in [-0.3, -0.25) is 4.79 Å². The number of benzene rings is 1. The number of nitriles is 1. The lowest BCUT2D eigenvalue weighted by Gasteiger charge is -2.11. The maximum absolute atomic E-state index is 12.0. The molecule has 1 amide bonds. The van der Waals surface area contributed by atoms with E-state index in [1.807, 2.05) is 33.8 Å². The Balaban J connectivity index is 3.15. The van der Waals surface area contributed by atoms with Crippen LogP contribution in [0.25, 0.3) is 6.08 Å². The van der Waals surface area contributed by atoms with Gasteiger partial charge in [-0.25, -0.2) is 0 Å². The molecule has 118 valence electrons. The molecule has 0 aliphatic rings. The molecule has 0 aliphatic heterocycles. The number of amides is 1. The first-order valence-corrected chi connectivity index (χ1v) is 7.34. The number of rotatable bonds is 7. The molecule has 0 spiro atoms. The summed E-state index contributed by atoms with van der Waals surface area (Å²) >= 11 is 0. The molecule has 1 rings (SSSR count). The topological polar surface area (TPSA) is 71.3 Å². The van der Waals surface area contributed by atoms with Crippen molar-refractivity contribution in [1.29, 1.82) is 5.26 Å². The first kappa shape index (κ1) is 17.6. The van der Waals surface area contributed by atoms with Crippen LogP contribution in [-0.2, 0) is 4.79 Å². The highest BCUT2D eigenvalue weighted by Gasteiger charge is 2.12. The Morgan fingerprint density at radius 2 is 2.00 bits per heavy atom. The Hall–Kier alpha value is -2.48. The Morgan fingerprint density at radius 1 is 1.32 bits per heavy atom. The van der Waals surface area contributed by atoms with Crippen LogP contribution in [0.15, 0.2) is 23.8 Å². The largest absolute Gasteiger partial charge is 0.494 e. The molecule has 0 aromatic heterocycles. The summed E-state index contributed by atoms with van der Waals surface area (Å²) in [6.07, 6.45) is 1.53. The van der Waals surface area contributed by atoms with Crippen LogP contribution in [0, 0.1) is 11.3 Å². The second kappa shape index (κ2) is 8.73. The molecule has 0 atom stereocenters. The van der Waals surface area contributed by atoms with E-state index in [9.17, 15) is 10.1 Å². The van der Waals surface area contributed by atoms with Crippen LogP contribution in [0.2, 0.25) is 0 Å². The normalized spacial score (nSPS) is 11.0. The molecule has 0 unspecified atom stereocenters. The zero-order valence-electron chi connectivity index (χ0n) is 13.5. The van der Waals surface area contributed by atoms with Crippen LogP contribution < -0.4 is 14.8 Å². The fraction of sp³-hybridized carbons (Fsp3) is 0.412. The molecule has 1 aromatic rings. The minimum Gasteiger partial charge on any atom is -0.494 e. The Labute approximate surface area is 131 Å². The van der Waals surface area contributed by atoms with E-state index in [4.69, 9.17) is 9.47 Å². The van der Waals surface area contributed by atoms with Gasteiger partial charge in [0, 0.05) is 17.7 Å². The highest BCUT2D eigenvalue weighted by molar-refractivity contribution is 6.02. The molecule has 0 heterocycles. The summed E-state index contributed by atoms with van der Waals surface area (Å²) in [6, 6.07) is 7.21. The maximum atomic E-state index is 12.0. The zero-order chi connectivity index (χ0) is 16.5. The van der Waals surface area contributed by atoms with Gasteiger partial charge in [-0.05, 0) is 45.9 Å². The van der Waals surface area contributed by atoms with Gasteiger partial charge in [0.2, 0.25) is 0 Å². The van der Waals surface area contributed by atoms with Crippen molar-refractivity contribution in [2.75, 3.05) is 13.2 Å². The number of carbonyl (C=O) groups is 1. The molecule has 22 heavy (non-hydrogen) atoms. The summed E-state index contributed by atoms with van der Waals surface area (Å²) in [5, 5.41) is 11.9. The van der Waals surface area contributed by atoms with E-state index < -0.39 is 5.91 Å². The highest BCUT2D eigenvalue weighted by Crippen LogP contribution is 2.27. The zero-order valence-corrected chi connectivity index (χ0v) is 13.5. The van der Waals surface area contributed by atoms with E-state index in [1.54, 1.807) is 18.2 Å².